The molecule has 1 heterocycles. The number of esters is 2. The first kappa shape index (κ1) is 20.4. The van der Waals surface area contributed by atoms with Crippen molar-refractivity contribution in [1.29, 1.82) is 0 Å². The second-order valence-electron chi connectivity index (χ2n) is 10.9. The molecule has 29 heavy (non-hydrogen) atoms. The summed E-state index contributed by atoms with van der Waals surface area (Å²) in [5, 5.41) is 0. The van der Waals surface area contributed by atoms with Gasteiger partial charge in [-0.25, -0.2) is 0 Å². The van der Waals surface area contributed by atoms with Crippen molar-refractivity contribution in [3.8, 4) is 0 Å². The Balaban J connectivity index is 1.76. The monoisotopic (exact) mass is 398 g/mol. The van der Waals surface area contributed by atoms with Gasteiger partial charge >= 0.3 is 11.9 Å². The van der Waals surface area contributed by atoms with E-state index in [0.717, 1.165) is 31.2 Å². The van der Waals surface area contributed by atoms with E-state index in [9.17, 15) is 9.59 Å². The van der Waals surface area contributed by atoms with Gasteiger partial charge < -0.3 is 9.47 Å². The number of benzene rings is 1. The van der Waals surface area contributed by atoms with Crippen LogP contribution in [0.2, 0.25) is 0 Å². The minimum Gasteiger partial charge on any atom is -0.460 e. The second-order valence-corrected chi connectivity index (χ2v) is 10.9. The molecule has 1 aromatic rings. The van der Waals surface area contributed by atoms with E-state index in [2.05, 4.69) is 27.7 Å². The third kappa shape index (κ3) is 2.85. The van der Waals surface area contributed by atoms with Crippen molar-refractivity contribution >= 4 is 11.9 Å². The molecule has 1 aliphatic heterocycles. The normalized spacial score (nSPS) is 40.5. The molecule has 4 heteroatoms. The average molecular weight is 399 g/mol. The van der Waals surface area contributed by atoms with Crippen molar-refractivity contribution in [2.45, 2.75) is 78.9 Å². The fraction of sp³-hybridized carbons (Fsp3) is 0.680. The quantitative estimate of drug-likeness (QED) is 0.649. The molecule has 2 saturated carbocycles. The molecule has 0 radical (unpaired) electrons. The van der Waals surface area contributed by atoms with Gasteiger partial charge in [-0.1, -0.05) is 58.0 Å². The zero-order valence-electron chi connectivity index (χ0n) is 18.4. The summed E-state index contributed by atoms with van der Waals surface area (Å²) in [6, 6.07) is 9.74. The molecule has 1 saturated heterocycles. The largest absolute Gasteiger partial charge is 0.460 e. The van der Waals surface area contributed by atoms with Gasteiger partial charge in [0.05, 0.1) is 6.42 Å². The number of fused-ring (bicyclic) bond motifs is 3. The summed E-state index contributed by atoms with van der Waals surface area (Å²) in [6.07, 6.45) is 3.90. The maximum absolute atomic E-state index is 13.8. The van der Waals surface area contributed by atoms with Crippen molar-refractivity contribution in [2.24, 2.45) is 28.1 Å². The molecular weight excluding hydrogens is 364 g/mol. The summed E-state index contributed by atoms with van der Waals surface area (Å²) in [5.41, 5.74) is -0.983. The molecule has 3 unspecified atom stereocenters. The first-order valence-electron chi connectivity index (χ1n) is 11.0. The summed E-state index contributed by atoms with van der Waals surface area (Å²) >= 11 is 0. The lowest BCUT2D eigenvalue weighted by Crippen LogP contribution is -2.67. The van der Waals surface area contributed by atoms with Gasteiger partial charge in [0.2, 0.25) is 0 Å². The van der Waals surface area contributed by atoms with Gasteiger partial charge in [-0.3, -0.25) is 9.59 Å². The second kappa shape index (κ2) is 6.58. The molecule has 3 aliphatic rings. The smallest absolute Gasteiger partial charge is 0.317 e. The lowest BCUT2D eigenvalue weighted by molar-refractivity contribution is -0.228. The van der Waals surface area contributed by atoms with Crippen LogP contribution in [0.3, 0.4) is 0 Å². The van der Waals surface area contributed by atoms with E-state index in [1.165, 1.54) is 0 Å². The number of hydrogen-bond donors (Lipinski definition) is 0. The van der Waals surface area contributed by atoms with Crippen LogP contribution in [0.5, 0.6) is 0 Å². The third-order valence-corrected chi connectivity index (χ3v) is 8.46. The number of carbonyl (C=O) groups is 2. The van der Waals surface area contributed by atoms with E-state index < -0.39 is 11.0 Å². The molecule has 0 bridgehead atoms. The van der Waals surface area contributed by atoms with E-state index >= 15 is 0 Å². The highest BCUT2D eigenvalue weighted by Gasteiger charge is 2.76. The van der Waals surface area contributed by atoms with Gasteiger partial charge in [0.1, 0.15) is 17.6 Å². The Morgan fingerprint density at radius 2 is 1.83 bits per heavy atom. The maximum Gasteiger partial charge on any atom is 0.317 e. The molecule has 0 N–H and O–H groups in total. The van der Waals surface area contributed by atoms with Gasteiger partial charge in [-0.15, -0.1) is 0 Å². The number of rotatable bonds is 3. The van der Waals surface area contributed by atoms with Gasteiger partial charge in [0, 0.05) is 0 Å². The lowest BCUT2D eigenvalue weighted by Gasteiger charge is -2.64. The highest BCUT2D eigenvalue weighted by molar-refractivity contribution is 5.89. The summed E-state index contributed by atoms with van der Waals surface area (Å²) in [4.78, 5) is 26.5. The van der Waals surface area contributed by atoms with Crippen molar-refractivity contribution < 1.29 is 19.1 Å². The van der Waals surface area contributed by atoms with Gasteiger partial charge in [0.25, 0.3) is 0 Å². The molecular formula is C25H34O4. The fourth-order valence-corrected chi connectivity index (χ4v) is 7.66. The molecule has 0 aromatic heterocycles. The minimum atomic E-state index is -0.930. The molecule has 0 amide bonds. The highest BCUT2D eigenvalue weighted by atomic mass is 16.6. The van der Waals surface area contributed by atoms with Crippen LogP contribution < -0.4 is 0 Å². The maximum atomic E-state index is 13.8. The van der Waals surface area contributed by atoms with Gasteiger partial charge in [0.15, 0.2) is 0 Å². The van der Waals surface area contributed by atoms with Gasteiger partial charge in [-0.2, -0.15) is 0 Å². The van der Waals surface area contributed by atoms with E-state index in [-0.39, 0.29) is 35.8 Å². The van der Waals surface area contributed by atoms with Crippen molar-refractivity contribution in [2.75, 3.05) is 0 Å². The Hall–Kier alpha value is -1.84. The zero-order chi connectivity index (χ0) is 21.1. The Labute approximate surface area is 174 Å². The number of ether oxygens (including phenoxy) is 2. The average Bonchev–Trinajstić information content (AvgIpc) is 2.91. The van der Waals surface area contributed by atoms with Crippen LogP contribution in [0.4, 0.5) is 0 Å². The first-order chi connectivity index (χ1) is 13.5. The molecule has 4 nitrogen and oxygen atoms in total. The van der Waals surface area contributed by atoms with E-state index in [1.807, 2.05) is 37.3 Å². The van der Waals surface area contributed by atoms with Crippen molar-refractivity contribution in [3.05, 3.63) is 35.9 Å². The molecule has 158 valence electrons. The summed E-state index contributed by atoms with van der Waals surface area (Å²) in [5.74, 6) is 0.329. The fourth-order valence-electron chi connectivity index (χ4n) is 7.66. The number of carbonyl (C=O) groups excluding carboxylic acids is 2. The predicted octanol–water partition coefficient (Wildman–Crippen LogP) is 5.29. The minimum absolute atomic E-state index is 0.117. The van der Waals surface area contributed by atoms with E-state index in [4.69, 9.17) is 9.47 Å². The Kier molecular flexibility index (Phi) is 4.64. The zero-order valence-corrected chi connectivity index (χ0v) is 18.4. The van der Waals surface area contributed by atoms with Crippen LogP contribution in [0.1, 0.15) is 72.3 Å². The summed E-state index contributed by atoms with van der Waals surface area (Å²) in [6.45, 7) is 11.4. The Morgan fingerprint density at radius 3 is 2.52 bits per heavy atom. The molecule has 0 spiro atoms. The third-order valence-electron chi connectivity index (χ3n) is 8.46. The molecule has 3 fully saturated rings. The van der Waals surface area contributed by atoms with Crippen LogP contribution in [0.15, 0.2) is 30.3 Å². The SMILES string of the molecule is CC1CC(C)(C)C2CC[C@@]3(C)OC(=O)CC3(C(=O)OCc3ccccc3)[C@@]2(C)C1. The molecule has 4 rings (SSSR count). The molecule has 1 aromatic carbocycles. The molecule has 5 atom stereocenters. The first-order valence-corrected chi connectivity index (χ1v) is 11.0. The number of hydrogen-bond acceptors (Lipinski definition) is 4. The van der Waals surface area contributed by atoms with Crippen LogP contribution in [0.25, 0.3) is 0 Å². The summed E-state index contributed by atoms with van der Waals surface area (Å²) < 4.78 is 11.8. The highest BCUT2D eigenvalue weighted by Crippen LogP contribution is 2.72. The van der Waals surface area contributed by atoms with Crippen LogP contribution in [0, 0.1) is 28.1 Å². The topological polar surface area (TPSA) is 52.6 Å². The Morgan fingerprint density at radius 1 is 1.14 bits per heavy atom. The standard InChI is InChI=1S/C25H34O4/c1-17-13-22(2,3)19-11-12-24(5)25(15-20(26)29-24,23(19,4)14-17)21(27)28-16-18-9-7-6-8-10-18/h6-10,17,19H,11-16H2,1-5H3/t17?,19?,23-,24+,25?/m0/s1. The van der Waals surface area contributed by atoms with E-state index in [0.29, 0.717) is 11.8 Å². The van der Waals surface area contributed by atoms with Gasteiger partial charge in [-0.05, 0) is 60.8 Å². The van der Waals surface area contributed by atoms with Crippen LogP contribution in [-0.4, -0.2) is 17.5 Å². The van der Waals surface area contributed by atoms with Crippen molar-refractivity contribution in [1.82, 2.24) is 0 Å². The molecule has 2 aliphatic carbocycles. The summed E-state index contributed by atoms with van der Waals surface area (Å²) in [7, 11) is 0. The lowest BCUT2D eigenvalue weighted by atomic mass is 9.38. The van der Waals surface area contributed by atoms with E-state index in [1.54, 1.807) is 0 Å². The predicted molar refractivity (Wildman–Crippen MR) is 111 cm³/mol. The van der Waals surface area contributed by atoms with Crippen LogP contribution in [-0.2, 0) is 25.7 Å². The Bertz CT molecular complexity index is 815. The van der Waals surface area contributed by atoms with Crippen molar-refractivity contribution in [3.63, 3.8) is 0 Å². The van der Waals surface area contributed by atoms with Crippen LogP contribution >= 0.6 is 0 Å².